The highest BCUT2D eigenvalue weighted by Gasteiger charge is 2.35. The fraction of sp³-hybridized carbons (Fsp3) is 0.500. The summed E-state index contributed by atoms with van der Waals surface area (Å²) < 4.78 is 50.5. The van der Waals surface area contributed by atoms with Crippen LogP contribution in [0.5, 0.6) is 0 Å². The number of hydrogen-bond acceptors (Lipinski definition) is 6. The molecule has 0 aliphatic carbocycles. The zero-order valence-corrected chi connectivity index (χ0v) is 18.0. The molecular weight excluding hydrogens is 427 g/mol. The normalized spacial score (nSPS) is 17.2. The third-order valence-electron chi connectivity index (χ3n) is 5.25. The SMILES string of the molecule is CCn1cc(Cn2cc(C)n(-c3nc(N4CCO[C@H](C)C4)cc(C(F)(F)F)n3)c2=O)cn1. The Morgan fingerprint density at radius 1 is 1.25 bits per heavy atom. The molecule has 4 rings (SSSR count). The predicted octanol–water partition coefficient (Wildman–Crippen LogP) is 2.25. The maximum atomic E-state index is 13.6. The minimum absolute atomic E-state index is 0.112. The van der Waals surface area contributed by atoms with Gasteiger partial charge < -0.3 is 9.64 Å². The first kappa shape index (κ1) is 22.1. The van der Waals surface area contributed by atoms with Gasteiger partial charge in [-0.3, -0.25) is 9.25 Å². The van der Waals surface area contributed by atoms with Crippen molar-refractivity contribution in [3.63, 3.8) is 0 Å². The molecule has 172 valence electrons. The van der Waals surface area contributed by atoms with Crippen LogP contribution in [0.15, 0.2) is 29.5 Å². The van der Waals surface area contributed by atoms with Crippen LogP contribution in [0, 0.1) is 6.92 Å². The van der Waals surface area contributed by atoms with Gasteiger partial charge in [-0.1, -0.05) is 0 Å². The van der Waals surface area contributed by atoms with E-state index in [4.69, 9.17) is 4.74 Å². The van der Waals surface area contributed by atoms with Crippen molar-refractivity contribution in [2.45, 2.75) is 46.1 Å². The fourth-order valence-electron chi connectivity index (χ4n) is 3.69. The van der Waals surface area contributed by atoms with Gasteiger partial charge in [-0.2, -0.15) is 23.3 Å². The summed E-state index contributed by atoms with van der Waals surface area (Å²) in [7, 11) is 0. The number of alkyl halides is 3. The highest BCUT2D eigenvalue weighted by Crippen LogP contribution is 2.30. The molecule has 1 aliphatic heterocycles. The highest BCUT2D eigenvalue weighted by molar-refractivity contribution is 5.43. The largest absolute Gasteiger partial charge is 0.433 e. The molecule has 0 unspecified atom stereocenters. The molecule has 0 amide bonds. The number of rotatable bonds is 5. The van der Waals surface area contributed by atoms with Crippen molar-refractivity contribution in [1.82, 2.24) is 28.9 Å². The number of aryl methyl sites for hydroxylation is 2. The minimum atomic E-state index is -4.68. The van der Waals surface area contributed by atoms with E-state index in [0.29, 0.717) is 31.9 Å². The van der Waals surface area contributed by atoms with Crippen LogP contribution in [0.4, 0.5) is 19.0 Å². The van der Waals surface area contributed by atoms with Crippen LogP contribution in [0.2, 0.25) is 0 Å². The van der Waals surface area contributed by atoms with Gasteiger partial charge in [0, 0.05) is 49.4 Å². The van der Waals surface area contributed by atoms with Gasteiger partial charge in [0.2, 0.25) is 5.95 Å². The lowest BCUT2D eigenvalue weighted by Gasteiger charge is -2.32. The summed E-state index contributed by atoms with van der Waals surface area (Å²) in [5, 5.41) is 4.19. The monoisotopic (exact) mass is 451 g/mol. The smallest absolute Gasteiger partial charge is 0.375 e. The molecule has 0 N–H and O–H groups in total. The molecule has 0 spiro atoms. The van der Waals surface area contributed by atoms with Gasteiger partial charge in [0.05, 0.1) is 25.5 Å². The van der Waals surface area contributed by atoms with E-state index in [1.807, 2.05) is 20.0 Å². The zero-order chi connectivity index (χ0) is 23.0. The van der Waals surface area contributed by atoms with Gasteiger partial charge in [-0.25, -0.2) is 14.3 Å². The Hall–Kier alpha value is -3.15. The van der Waals surface area contributed by atoms with E-state index in [0.717, 1.165) is 16.2 Å². The van der Waals surface area contributed by atoms with Crippen molar-refractivity contribution in [1.29, 1.82) is 0 Å². The Kier molecular flexibility index (Phi) is 5.80. The molecule has 0 aromatic carbocycles. The summed E-state index contributed by atoms with van der Waals surface area (Å²) >= 11 is 0. The second kappa shape index (κ2) is 8.41. The first-order valence-corrected chi connectivity index (χ1v) is 10.3. The number of hydrogen-bond donors (Lipinski definition) is 0. The number of halogens is 3. The van der Waals surface area contributed by atoms with Gasteiger partial charge >= 0.3 is 11.9 Å². The Labute approximate surface area is 182 Å². The number of nitrogens with zero attached hydrogens (tertiary/aromatic N) is 7. The lowest BCUT2D eigenvalue weighted by molar-refractivity contribution is -0.141. The van der Waals surface area contributed by atoms with Gasteiger partial charge in [0.15, 0.2) is 5.69 Å². The van der Waals surface area contributed by atoms with Crippen LogP contribution in [0.25, 0.3) is 5.95 Å². The maximum absolute atomic E-state index is 13.6. The summed E-state index contributed by atoms with van der Waals surface area (Å²) in [6.45, 7) is 7.51. The molecule has 0 radical (unpaired) electrons. The van der Waals surface area contributed by atoms with Gasteiger partial charge in [-0.15, -0.1) is 0 Å². The summed E-state index contributed by atoms with van der Waals surface area (Å²) in [5.41, 5.74) is -0.384. The molecule has 1 atom stereocenters. The van der Waals surface area contributed by atoms with E-state index < -0.39 is 17.6 Å². The van der Waals surface area contributed by atoms with Crippen molar-refractivity contribution in [2.24, 2.45) is 0 Å². The highest BCUT2D eigenvalue weighted by atomic mass is 19.4. The molecule has 1 saturated heterocycles. The molecule has 9 nitrogen and oxygen atoms in total. The molecule has 3 aromatic rings. The van der Waals surface area contributed by atoms with Crippen LogP contribution in [0.3, 0.4) is 0 Å². The Balaban J connectivity index is 1.76. The Bertz CT molecular complexity index is 1160. The molecule has 32 heavy (non-hydrogen) atoms. The first-order valence-electron chi connectivity index (χ1n) is 10.3. The average molecular weight is 451 g/mol. The Morgan fingerprint density at radius 3 is 2.69 bits per heavy atom. The van der Waals surface area contributed by atoms with Gasteiger partial charge in [0.25, 0.3) is 0 Å². The van der Waals surface area contributed by atoms with Crippen molar-refractivity contribution < 1.29 is 17.9 Å². The number of imidazole rings is 1. The Morgan fingerprint density at radius 2 is 2.03 bits per heavy atom. The zero-order valence-electron chi connectivity index (χ0n) is 18.0. The molecule has 0 bridgehead atoms. The third kappa shape index (κ3) is 4.40. The minimum Gasteiger partial charge on any atom is -0.375 e. The van der Waals surface area contributed by atoms with Crippen molar-refractivity contribution in [3.8, 4) is 5.95 Å². The number of aromatic nitrogens is 6. The molecule has 1 aliphatic rings. The van der Waals surface area contributed by atoms with E-state index in [1.54, 1.807) is 28.9 Å². The topological polar surface area (TPSA) is 83.0 Å². The van der Waals surface area contributed by atoms with Crippen molar-refractivity contribution >= 4 is 5.82 Å². The van der Waals surface area contributed by atoms with Crippen LogP contribution in [0.1, 0.15) is 30.8 Å². The average Bonchev–Trinajstić information content (AvgIpc) is 3.31. The van der Waals surface area contributed by atoms with E-state index in [9.17, 15) is 18.0 Å². The van der Waals surface area contributed by atoms with Crippen LogP contribution < -0.4 is 10.6 Å². The summed E-state index contributed by atoms with van der Waals surface area (Å²) in [4.78, 5) is 22.8. The van der Waals surface area contributed by atoms with Gasteiger partial charge in [0.1, 0.15) is 5.82 Å². The van der Waals surface area contributed by atoms with E-state index in [-0.39, 0.29) is 24.4 Å². The van der Waals surface area contributed by atoms with E-state index in [1.165, 1.54) is 4.57 Å². The number of anilines is 1. The molecule has 0 saturated carbocycles. The van der Waals surface area contributed by atoms with Gasteiger partial charge in [-0.05, 0) is 20.8 Å². The first-order chi connectivity index (χ1) is 15.2. The number of morpholine rings is 1. The van der Waals surface area contributed by atoms with Crippen LogP contribution in [-0.2, 0) is 24.0 Å². The summed E-state index contributed by atoms with van der Waals surface area (Å²) in [5.74, 6) is -0.194. The van der Waals surface area contributed by atoms with E-state index >= 15 is 0 Å². The molecule has 12 heteroatoms. The van der Waals surface area contributed by atoms with Crippen molar-refractivity contribution in [2.75, 3.05) is 24.6 Å². The van der Waals surface area contributed by atoms with E-state index in [2.05, 4.69) is 15.1 Å². The van der Waals surface area contributed by atoms with Crippen LogP contribution >= 0.6 is 0 Å². The summed E-state index contributed by atoms with van der Waals surface area (Å²) in [6.07, 6.45) is 0.217. The second-order valence-corrected chi connectivity index (χ2v) is 7.76. The lowest BCUT2D eigenvalue weighted by Crippen LogP contribution is -2.42. The summed E-state index contributed by atoms with van der Waals surface area (Å²) in [6, 6.07) is 0.915. The predicted molar refractivity (Wildman–Crippen MR) is 110 cm³/mol. The second-order valence-electron chi connectivity index (χ2n) is 7.76. The molecule has 1 fully saturated rings. The molecule has 4 heterocycles. The van der Waals surface area contributed by atoms with Crippen LogP contribution in [-0.4, -0.2) is 54.7 Å². The molecule has 3 aromatic heterocycles. The maximum Gasteiger partial charge on any atom is 0.433 e. The molecular formula is C20H24F3N7O2. The number of ether oxygens (including phenoxy) is 1. The van der Waals surface area contributed by atoms with Crippen molar-refractivity contribution in [3.05, 3.63) is 52.1 Å². The lowest BCUT2D eigenvalue weighted by atomic mass is 10.3. The third-order valence-corrected chi connectivity index (χ3v) is 5.25. The fourth-order valence-corrected chi connectivity index (χ4v) is 3.69. The standard InChI is InChI=1S/C20H24F3N7O2/c1-4-29-12-15(8-24-29)11-28-9-13(2)30(19(28)31)18-25-16(20(21,22)23)7-17(26-18)27-5-6-32-14(3)10-27/h7-9,12,14H,4-6,10-11H2,1-3H3/t14-/m1/s1. The quantitative estimate of drug-likeness (QED) is 0.592.